The number of nitrogens with one attached hydrogen (secondary N) is 1. The molecule has 1 saturated heterocycles. The highest BCUT2D eigenvalue weighted by Crippen LogP contribution is 2.23. The minimum absolute atomic E-state index is 0.248. The molecule has 1 aliphatic rings. The minimum Gasteiger partial charge on any atom is -0.312 e. The van der Waals surface area contributed by atoms with Crippen LogP contribution in [0.4, 0.5) is 5.69 Å². The van der Waals surface area contributed by atoms with Gasteiger partial charge >= 0.3 is 0 Å². The molecule has 2 atom stereocenters. The molecule has 1 aromatic rings. The van der Waals surface area contributed by atoms with Crippen LogP contribution in [0.25, 0.3) is 0 Å². The Morgan fingerprint density at radius 2 is 2.00 bits per heavy atom. The Bertz CT molecular complexity index is 446. The minimum atomic E-state index is 0.248. The predicted octanol–water partition coefficient (Wildman–Crippen LogP) is 3.22. The van der Waals surface area contributed by atoms with Crippen molar-refractivity contribution in [3.8, 4) is 0 Å². The fraction of sp³-hybridized carbons (Fsp3) is 0.562. The van der Waals surface area contributed by atoms with Crippen LogP contribution in [0.5, 0.6) is 0 Å². The van der Waals surface area contributed by atoms with Crippen LogP contribution in [-0.4, -0.2) is 30.5 Å². The molecule has 1 N–H and O–H groups in total. The molecule has 1 aliphatic heterocycles. The lowest BCUT2D eigenvalue weighted by Crippen LogP contribution is -2.26. The maximum Gasteiger partial charge on any atom is 0.227 e. The van der Waals surface area contributed by atoms with Gasteiger partial charge in [-0.3, -0.25) is 4.79 Å². The summed E-state index contributed by atoms with van der Waals surface area (Å²) in [6, 6.07) is 8.72. The van der Waals surface area contributed by atoms with Gasteiger partial charge in [0.1, 0.15) is 0 Å². The van der Waals surface area contributed by atoms with Crippen molar-refractivity contribution in [3.63, 3.8) is 0 Å². The van der Waals surface area contributed by atoms with Crippen LogP contribution in [-0.2, 0) is 4.79 Å². The Morgan fingerprint density at radius 3 is 2.55 bits per heavy atom. The Labute approximate surface area is 126 Å². The monoisotopic (exact) mass is 292 g/mol. The third-order valence-corrected chi connectivity index (χ3v) is 4.86. The fourth-order valence-corrected chi connectivity index (χ4v) is 2.67. The lowest BCUT2D eigenvalue weighted by atomic mass is 10.1. The van der Waals surface area contributed by atoms with Gasteiger partial charge in [-0.15, -0.1) is 0 Å². The molecule has 1 aromatic carbocycles. The van der Waals surface area contributed by atoms with Gasteiger partial charge in [0.15, 0.2) is 0 Å². The van der Waals surface area contributed by atoms with Gasteiger partial charge in [-0.1, -0.05) is 19.1 Å². The highest BCUT2D eigenvalue weighted by Gasteiger charge is 2.21. The molecule has 0 unspecified atom stereocenters. The van der Waals surface area contributed by atoms with E-state index in [-0.39, 0.29) is 5.91 Å². The number of carbonyl (C=O) groups is 1. The Hall–Kier alpha value is -1.00. The SMILES string of the molecule is CS[C@H](C)CN[C@H](C)c1ccc(N2CCCC2=O)cc1. The summed E-state index contributed by atoms with van der Waals surface area (Å²) in [7, 11) is 0. The number of nitrogens with zero attached hydrogens (tertiary/aromatic N) is 1. The molecule has 0 aliphatic carbocycles. The number of anilines is 1. The van der Waals surface area contributed by atoms with E-state index in [4.69, 9.17) is 0 Å². The molecule has 1 fully saturated rings. The van der Waals surface area contributed by atoms with E-state index >= 15 is 0 Å². The van der Waals surface area contributed by atoms with Gasteiger partial charge < -0.3 is 10.2 Å². The maximum atomic E-state index is 11.7. The largest absolute Gasteiger partial charge is 0.312 e. The highest BCUT2D eigenvalue weighted by molar-refractivity contribution is 7.99. The third kappa shape index (κ3) is 3.76. The molecular formula is C16H24N2OS. The number of hydrogen-bond donors (Lipinski definition) is 1. The van der Waals surface area contributed by atoms with Crippen LogP contribution in [0.1, 0.15) is 38.3 Å². The summed E-state index contributed by atoms with van der Waals surface area (Å²) in [5, 5.41) is 4.17. The van der Waals surface area contributed by atoms with Crippen molar-refractivity contribution >= 4 is 23.4 Å². The smallest absolute Gasteiger partial charge is 0.227 e. The molecule has 110 valence electrons. The molecule has 4 heteroatoms. The molecule has 1 heterocycles. The summed E-state index contributed by atoms with van der Waals surface area (Å²) in [4.78, 5) is 13.6. The van der Waals surface area contributed by atoms with E-state index in [9.17, 15) is 4.79 Å². The van der Waals surface area contributed by atoms with Crippen LogP contribution < -0.4 is 10.2 Å². The topological polar surface area (TPSA) is 32.3 Å². The van der Waals surface area contributed by atoms with Crippen LogP contribution in [0.2, 0.25) is 0 Å². The Morgan fingerprint density at radius 1 is 1.30 bits per heavy atom. The van der Waals surface area contributed by atoms with Gasteiger partial charge in [-0.25, -0.2) is 0 Å². The maximum absolute atomic E-state index is 11.7. The Balaban J connectivity index is 1.95. The summed E-state index contributed by atoms with van der Waals surface area (Å²) in [5.74, 6) is 0.248. The first-order valence-electron chi connectivity index (χ1n) is 7.28. The van der Waals surface area contributed by atoms with Crippen molar-refractivity contribution in [2.75, 3.05) is 24.2 Å². The number of carbonyl (C=O) groups excluding carboxylic acids is 1. The molecule has 0 radical (unpaired) electrons. The second-order valence-corrected chi connectivity index (χ2v) is 6.69. The number of benzene rings is 1. The summed E-state index contributed by atoms with van der Waals surface area (Å²) in [6.07, 6.45) is 3.80. The quantitative estimate of drug-likeness (QED) is 0.874. The predicted molar refractivity (Wildman–Crippen MR) is 87.4 cm³/mol. The fourth-order valence-electron chi connectivity index (χ4n) is 2.41. The van der Waals surface area contributed by atoms with Crippen LogP contribution in [0, 0.1) is 0 Å². The molecule has 3 nitrogen and oxygen atoms in total. The number of thioether (sulfide) groups is 1. The molecule has 0 spiro atoms. The number of amides is 1. The zero-order valence-corrected chi connectivity index (χ0v) is 13.4. The van der Waals surface area contributed by atoms with Gasteiger partial charge in [-0.2, -0.15) is 11.8 Å². The molecule has 20 heavy (non-hydrogen) atoms. The van der Waals surface area contributed by atoms with E-state index in [2.05, 4.69) is 49.7 Å². The molecule has 1 amide bonds. The van der Waals surface area contributed by atoms with Gasteiger partial charge in [-0.05, 0) is 37.3 Å². The van der Waals surface area contributed by atoms with E-state index in [1.165, 1.54) is 5.56 Å². The summed E-state index contributed by atoms with van der Waals surface area (Å²) in [6.45, 7) is 6.28. The van der Waals surface area contributed by atoms with E-state index in [0.29, 0.717) is 17.7 Å². The van der Waals surface area contributed by atoms with Gasteiger partial charge in [0, 0.05) is 36.5 Å². The zero-order chi connectivity index (χ0) is 14.5. The number of rotatable bonds is 6. The Kier molecular flexibility index (Phi) is 5.49. The van der Waals surface area contributed by atoms with Crippen LogP contribution >= 0.6 is 11.8 Å². The third-order valence-electron chi connectivity index (χ3n) is 3.89. The summed E-state index contributed by atoms with van der Waals surface area (Å²) in [5.41, 5.74) is 2.30. The first kappa shape index (κ1) is 15.4. The van der Waals surface area contributed by atoms with Crippen molar-refractivity contribution in [1.82, 2.24) is 5.32 Å². The average molecular weight is 292 g/mol. The van der Waals surface area contributed by atoms with E-state index in [0.717, 1.165) is 25.2 Å². The van der Waals surface area contributed by atoms with Crippen molar-refractivity contribution in [3.05, 3.63) is 29.8 Å². The lowest BCUT2D eigenvalue weighted by Gasteiger charge is -2.19. The van der Waals surface area contributed by atoms with Gasteiger partial charge in [0.2, 0.25) is 5.91 Å². The van der Waals surface area contributed by atoms with E-state index in [1.807, 2.05) is 16.7 Å². The first-order valence-corrected chi connectivity index (χ1v) is 8.57. The van der Waals surface area contributed by atoms with Gasteiger partial charge in [0.25, 0.3) is 0 Å². The second kappa shape index (κ2) is 7.14. The van der Waals surface area contributed by atoms with Crippen molar-refractivity contribution in [2.24, 2.45) is 0 Å². The van der Waals surface area contributed by atoms with Crippen molar-refractivity contribution in [2.45, 2.75) is 38.0 Å². The normalized spacial score (nSPS) is 18.4. The van der Waals surface area contributed by atoms with Crippen LogP contribution in [0.15, 0.2) is 24.3 Å². The van der Waals surface area contributed by atoms with Crippen molar-refractivity contribution in [1.29, 1.82) is 0 Å². The molecule has 0 aromatic heterocycles. The first-order chi connectivity index (χ1) is 9.61. The molecule has 0 saturated carbocycles. The zero-order valence-electron chi connectivity index (χ0n) is 12.6. The van der Waals surface area contributed by atoms with E-state index < -0.39 is 0 Å². The highest BCUT2D eigenvalue weighted by atomic mass is 32.2. The van der Waals surface area contributed by atoms with Crippen LogP contribution in [0.3, 0.4) is 0 Å². The standard InChI is InChI=1S/C16H24N2OS/c1-12(20-3)11-17-13(2)14-6-8-15(9-7-14)18-10-4-5-16(18)19/h6-9,12-13,17H,4-5,10-11H2,1-3H3/t12-,13-/m1/s1. The van der Waals surface area contributed by atoms with Crippen molar-refractivity contribution < 1.29 is 4.79 Å². The molecule has 2 rings (SSSR count). The summed E-state index contributed by atoms with van der Waals surface area (Å²) < 4.78 is 0. The average Bonchev–Trinajstić information content (AvgIpc) is 2.90. The van der Waals surface area contributed by atoms with E-state index in [1.54, 1.807) is 0 Å². The lowest BCUT2D eigenvalue weighted by molar-refractivity contribution is -0.117. The molecule has 0 bridgehead atoms. The summed E-state index contributed by atoms with van der Waals surface area (Å²) >= 11 is 1.87. The molecular weight excluding hydrogens is 268 g/mol. The number of hydrogen-bond acceptors (Lipinski definition) is 3. The van der Waals surface area contributed by atoms with Gasteiger partial charge in [0.05, 0.1) is 0 Å². The second-order valence-electron chi connectivity index (χ2n) is 5.42.